The summed E-state index contributed by atoms with van der Waals surface area (Å²) in [5, 5.41) is 3.98. The molecule has 0 heterocycles. The molecule has 0 fully saturated rings. The van der Waals surface area contributed by atoms with Crippen molar-refractivity contribution in [2.45, 2.75) is 134 Å². The number of rotatable bonds is 22. The summed E-state index contributed by atoms with van der Waals surface area (Å²) < 4.78 is 6.77. The third-order valence-corrected chi connectivity index (χ3v) is 14.5. The van der Waals surface area contributed by atoms with Crippen LogP contribution in [-0.2, 0) is 14.8 Å². The summed E-state index contributed by atoms with van der Waals surface area (Å²) in [6.07, 6.45) is 19.4. The average Bonchev–Trinajstić information content (AvgIpc) is 3.07. The number of hydrogen-bond acceptors (Lipinski definition) is 3. The van der Waals surface area contributed by atoms with Gasteiger partial charge < -0.3 is 4.43 Å². The molecule has 4 heteroatoms. The summed E-state index contributed by atoms with van der Waals surface area (Å²) in [5.41, 5.74) is 2.53. The van der Waals surface area contributed by atoms with Gasteiger partial charge in [0.1, 0.15) is 0 Å². The maximum atomic E-state index is 14.2. The van der Waals surface area contributed by atoms with Crippen LogP contribution in [0.15, 0.2) is 103 Å². The lowest BCUT2D eigenvalue weighted by atomic mass is 9.76. The number of benzene rings is 3. The Morgan fingerprint density at radius 1 is 0.681 bits per heavy atom. The van der Waals surface area contributed by atoms with Crippen LogP contribution in [0.1, 0.15) is 121 Å². The molecule has 0 amide bonds. The van der Waals surface area contributed by atoms with Crippen LogP contribution in [0, 0.1) is 0 Å². The number of hydrogen-bond donors (Lipinski definition) is 1. The van der Waals surface area contributed by atoms with E-state index in [4.69, 9.17) is 4.43 Å². The Morgan fingerprint density at radius 3 is 1.49 bits per heavy atom. The average molecular weight is 654 g/mol. The van der Waals surface area contributed by atoms with Crippen molar-refractivity contribution in [3.8, 4) is 0 Å². The van der Waals surface area contributed by atoms with Gasteiger partial charge in [-0.2, -0.15) is 0 Å². The van der Waals surface area contributed by atoms with Crippen LogP contribution in [0.3, 0.4) is 0 Å². The van der Waals surface area contributed by atoms with Crippen molar-refractivity contribution in [1.29, 1.82) is 0 Å². The lowest BCUT2D eigenvalue weighted by Crippen LogP contribution is -2.55. The van der Waals surface area contributed by atoms with E-state index in [2.05, 4.69) is 125 Å². The highest BCUT2D eigenvalue weighted by Gasteiger charge is 2.42. The van der Waals surface area contributed by atoms with E-state index in [0.717, 1.165) is 29.5 Å². The third kappa shape index (κ3) is 12.0. The number of carbonyl (C=O) groups excluding carboxylic acids is 1. The Bertz CT molecular complexity index is 1200. The van der Waals surface area contributed by atoms with Crippen LogP contribution in [0.4, 0.5) is 0 Å². The molecule has 1 N–H and O–H groups in total. The molecule has 0 aliphatic rings. The van der Waals surface area contributed by atoms with Crippen molar-refractivity contribution < 1.29 is 9.22 Å². The highest BCUT2D eigenvalue weighted by atomic mass is 28.4. The molecular weight excluding hydrogens is 591 g/mol. The van der Waals surface area contributed by atoms with Crippen LogP contribution in [0.2, 0.25) is 18.1 Å². The summed E-state index contributed by atoms with van der Waals surface area (Å²) in [6, 6.07) is 31.0. The molecule has 0 radical (unpaired) electrons. The first-order chi connectivity index (χ1) is 22.6. The van der Waals surface area contributed by atoms with Crippen LogP contribution in [0.5, 0.6) is 0 Å². The largest absolute Gasteiger partial charge is 0.415 e. The molecule has 3 aromatic rings. The van der Waals surface area contributed by atoms with Gasteiger partial charge in [0.05, 0.1) is 18.2 Å². The second-order valence-corrected chi connectivity index (χ2v) is 19.6. The highest BCUT2D eigenvalue weighted by molar-refractivity contribution is 6.74. The van der Waals surface area contributed by atoms with Gasteiger partial charge in [-0.25, -0.2) is 0 Å². The van der Waals surface area contributed by atoms with Crippen molar-refractivity contribution in [2.24, 2.45) is 0 Å². The first-order valence-corrected chi connectivity index (χ1v) is 21.3. The van der Waals surface area contributed by atoms with E-state index in [-0.39, 0.29) is 10.8 Å². The van der Waals surface area contributed by atoms with E-state index >= 15 is 0 Å². The standard InChI is InChI=1S/C43H63NO2Si/c1-7-8-9-10-11-12-13-14-15-16-17-18-28-35-41(45)40(36-46-47(5,6)42(2,3)4)44-43(37-29-22-19-23-30-37,38-31-24-20-25-32-38)39-33-26-21-27-34-39/h19-35,40,44H,7-18,36H2,1-6H3/b35-28+/t40-/m0/s1. The molecule has 3 aromatic carbocycles. The number of carbonyl (C=O) groups is 1. The molecule has 0 bridgehead atoms. The Kier molecular flexibility index (Phi) is 16.4. The maximum Gasteiger partial charge on any atom is 0.192 e. The molecule has 0 aliphatic carbocycles. The lowest BCUT2D eigenvalue weighted by molar-refractivity contribution is -0.117. The van der Waals surface area contributed by atoms with Gasteiger partial charge in [0.25, 0.3) is 0 Å². The highest BCUT2D eigenvalue weighted by Crippen LogP contribution is 2.39. The van der Waals surface area contributed by atoms with Gasteiger partial charge in [0.15, 0.2) is 14.1 Å². The van der Waals surface area contributed by atoms with Crippen LogP contribution < -0.4 is 5.32 Å². The van der Waals surface area contributed by atoms with Gasteiger partial charge in [-0.05, 0) is 53.7 Å². The second-order valence-electron chi connectivity index (χ2n) is 14.7. The first kappa shape index (κ1) is 38.7. The molecule has 0 unspecified atom stereocenters. The minimum Gasteiger partial charge on any atom is -0.415 e. The second kappa shape index (κ2) is 19.9. The van der Waals surface area contributed by atoms with Gasteiger partial charge in [0.2, 0.25) is 0 Å². The van der Waals surface area contributed by atoms with Crippen molar-refractivity contribution >= 4 is 14.1 Å². The van der Waals surface area contributed by atoms with E-state index < -0.39 is 19.9 Å². The zero-order chi connectivity index (χ0) is 34.0. The van der Waals surface area contributed by atoms with Crippen molar-refractivity contribution in [3.05, 3.63) is 120 Å². The van der Waals surface area contributed by atoms with E-state index in [0.29, 0.717) is 6.61 Å². The third-order valence-electron chi connectivity index (χ3n) is 10.0. The van der Waals surface area contributed by atoms with Crippen molar-refractivity contribution in [2.75, 3.05) is 6.61 Å². The maximum absolute atomic E-state index is 14.2. The topological polar surface area (TPSA) is 38.3 Å². The zero-order valence-corrected chi connectivity index (χ0v) is 31.4. The number of ketones is 1. The molecule has 0 aromatic heterocycles. The van der Waals surface area contributed by atoms with Crippen molar-refractivity contribution in [1.82, 2.24) is 5.32 Å². The summed E-state index contributed by atoms with van der Waals surface area (Å²) in [4.78, 5) is 14.2. The quantitative estimate of drug-likeness (QED) is 0.0507. The van der Waals surface area contributed by atoms with Gasteiger partial charge in [-0.1, -0.05) is 189 Å². The van der Waals surface area contributed by atoms with Gasteiger partial charge in [-0.3, -0.25) is 10.1 Å². The minimum atomic E-state index is -2.11. The van der Waals surface area contributed by atoms with Gasteiger partial charge in [-0.15, -0.1) is 0 Å². The number of allylic oxidation sites excluding steroid dienone is 1. The molecule has 1 atom stereocenters. The predicted octanol–water partition coefficient (Wildman–Crippen LogP) is 11.8. The summed E-state index contributed by atoms with van der Waals surface area (Å²) in [7, 11) is -2.11. The lowest BCUT2D eigenvalue weighted by Gasteiger charge is -2.41. The van der Waals surface area contributed by atoms with E-state index in [1.165, 1.54) is 64.2 Å². The minimum absolute atomic E-state index is 0.0425. The molecule has 3 rings (SSSR count). The van der Waals surface area contributed by atoms with Gasteiger partial charge in [0, 0.05) is 0 Å². The molecule has 256 valence electrons. The Labute approximate surface area is 288 Å². The molecule has 0 aliphatic heterocycles. The van der Waals surface area contributed by atoms with E-state index in [1.807, 2.05) is 24.3 Å². The molecule has 0 saturated carbocycles. The fourth-order valence-corrected chi connectivity index (χ4v) is 7.04. The van der Waals surface area contributed by atoms with Crippen LogP contribution >= 0.6 is 0 Å². The van der Waals surface area contributed by atoms with Crippen LogP contribution in [-0.4, -0.2) is 26.7 Å². The fraction of sp³-hybridized carbons (Fsp3) is 0.512. The molecular formula is C43H63NO2Si. The molecule has 0 spiro atoms. The fourth-order valence-electron chi connectivity index (χ4n) is 6.02. The van der Waals surface area contributed by atoms with Crippen LogP contribution in [0.25, 0.3) is 0 Å². The van der Waals surface area contributed by atoms with E-state index in [1.54, 1.807) is 0 Å². The van der Waals surface area contributed by atoms with Gasteiger partial charge >= 0.3 is 0 Å². The van der Waals surface area contributed by atoms with E-state index in [9.17, 15) is 4.79 Å². The monoisotopic (exact) mass is 653 g/mol. The zero-order valence-electron chi connectivity index (χ0n) is 30.4. The molecule has 3 nitrogen and oxygen atoms in total. The number of nitrogens with one attached hydrogen (secondary N) is 1. The van der Waals surface area contributed by atoms with Crippen molar-refractivity contribution in [3.63, 3.8) is 0 Å². The normalized spacial score (nSPS) is 13.2. The summed E-state index contributed by atoms with van der Waals surface area (Å²) in [5.74, 6) is 0.0685. The Morgan fingerprint density at radius 2 is 1.09 bits per heavy atom. The summed E-state index contributed by atoms with van der Waals surface area (Å²) >= 11 is 0. The molecule has 0 saturated heterocycles. The molecule has 47 heavy (non-hydrogen) atoms. The summed E-state index contributed by atoms with van der Waals surface area (Å²) in [6.45, 7) is 13.9. The predicted molar refractivity (Wildman–Crippen MR) is 205 cm³/mol. The number of unbranched alkanes of at least 4 members (excludes halogenated alkanes) is 11. The SMILES string of the molecule is CCCCCCCCCCCCC/C=C/C(=O)[C@H](CO[Si](C)(C)C(C)(C)C)NC(c1ccccc1)(c1ccccc1)c1ccccc1. The Balaban J connectivity index is 1.79. The Hall–Kier alpha value is -2.79. The first-order valence-electron chi connectivity index (χ1n) is 18.4. The smallest absolute Gasteiger partial charge is 0.192 e.